The van der Waals surface area contributed by atoms with E-state index in [2.05, 4.69) is 29.0 Å². The summed E-state index contributed by atoms with van der Waals surface area (Å²) in [5.74, 6) is 0.873. The molecule has 7 heteroatoms. The Morgan fingerprint density at radius 3 is 2.64 bits per heavy atom. The van der Waals surface area contributed by atoms with Gasteiger partial charge in [-0.3, -0.25) is 4.79 Å². The topological polar surface area (TPSA) is 89.7 Å². The minimum atomic E-state index is -0.378. The number of carbonyl (C=O) groups excluding carboxylic acids is 1. The summed E-state index contributed by atoms with van der Waals surface area (Å²) in [7, 11) is 0. The van der Waals surface area contributed by atoms with Gasteiger partial charge < -0.3 is 25.4 Å². The van der Waals surface area contributed by atoms with Crippen LogP contribution in [0.4, 0.5) is 5.82 Å². The molecule has 2 fully saturated rings. The zero-order chi connectivity index (χ0) is 17.8. The van der Waals surface area contributed by atoms with Crippen LogP contribution in [-0.4, -0.2) is 54.9 Å². The van der Waals surface area contributed by atoms with Crippen LogP contribution in [0.15, 0.2) is 18.3 Å². The summed E-state index contributed by atoms with van der Waals surface area (Å²) < 4.78 is 11.4. The van der Waals surface area contributed by atoms with E-state index >= 15 is 0 Å². The Morgan fingerprint density at radius 1 is 1.28 bits per heavy atom. The number of ether oxygens (including phenoxy) is 2. The average molecular weight is 348 g/mol. The van der Waals surface area contributed by atoms with Gasteiger partial charge in [-0.2, -0.15) is 0 Å². The smallest absolute Gasteiger partial charge is 0.249 e. The van der Waals surface area contributed by atoms with Crippen LogP contribution in [0.25, 0.3) is 0 Å². The molecule has 3 rings (SSSR count). The average Bonchev–Trinajstić information content (AvgIpc) is 3.08. The molecule has 0 aromatic carbocycles. The van der Waals surface area contributed by atoms with Gasteiger partial charge in [0, 0.05) is 32.4 Å². The van der Waals surface area contributed by atoms with Gasteiger partial charge in [0.25, 0.3) is 0 Å². The molecule has 4 atom stereocenters. The lowest BCUT2D eigenvalue weighted by Crippen LogP contribution is -2.45. The lowest BCUT2D eigenvalue weighted by molar-refractivity contribution is -0.132. The van der Waals surface area contributed by atoms with Crippen molar-refractivity contribution in [1.29, 1.82) is 0 Å². The van der Waals surface area contributed by atoms with Crippen molar-refractivity contribution in [2.24, 2.45) is 5.73 Å². The van der Waals surface area contributed by atoms with E-state index in [-0.39, 0.29) is 30.3 Å². The van der Waals surface area contributed by atoms with Gasteiger partial charge in [0.2, 0.25) is 5.91 Å². The Hall–Kier alpha value is -1.70. The first kappa shape index (κ1) is 18.1. The maximum atomic E-state index is 12.1. The third-order valence-electron chi connectivity index (χ3n) is 4.68. The van der Waals surface area contributed by atoms with E-state index in [4.69, 9.17) is 15.2 Å². The van der Waals surface area contributed by atoms with E-state index in [1.54, 1.807) is 0 Å². The van der Waals surface area contributed by atoms with Crippen molar-refractivity contribution in [3.63, 3.8) is 0 Å². The fourth-order valence-electron chi connectivity index (χ4n) is 3.45. The molecule has 3 N–H and O–H groups in total. The van der Waals surface area contributed by atoms with Crippen LogP contribution < -0.4 is 16.0 Å². The molecule has 25 heavy (non-hydrogen) atoms. The number of carbonyl (C=O) groups is 1. The molecule has 1 amide bonds. The molecule has 2 saturated heterocycles. The molecule has 1 aromatic rings. The van der Waals surface area contributed by atoms with Gasteiger partial charge in [-0.25, -0.2) is 4.98 Å². The number of hydrogen-bond acceptors (Lipinski definition) is 6. The Morgan fingerprint density at radius 2 is 2.04 bits per heavy atom. The molecule has 0 bridgehead atoms. The number of pyridine rings is 1. The van der Waals surface area contributed by atoms with Crippen LogP contribution in [-0.2, 0) is 20.8 Å². The van der Waals surface area contributed by atoms with Gasteiger partial charge >= 0.3 is 0 Å². The van der Waals surface area contributed by atoms with Crippen LogP contribution >= 0.6 is 0 Å². The number of nitrogens with one attached hydrogen (secondary N) is 1. The SMILES string of the molecule is CC1CN(c2ccc(CNC(=O)[C@@H]3CC[C@H](CN)O3)cn2)CC(C)O1. The van der Waals surface area contributed by atoms with Gasteiger partial charge in [-0.05, 0) is 38.3 Å². The molecular formula is C18H28N4O3. The normalized spacial score (nSPS) is 29.6. The Labute approximate surface area is 148 Å². The second kappa shape index (κ2) is 8.12. The van der Waals surface area contributed by atoms with Crippen molar-refractivity contribution in [1.82, 2.24) is 10.3 Å². The van der Waals surface area contributed by atoms with E-state index in [9.17, 15) is 4.79 Å². The van der Waals surface area contributed by atoms with Crippen LogP contribution in [0.1, 0.15) is 32.3 Å². The largest absolute Gasteiger partial charge is 0.372 e. The van der Waals surface area contributed by atoms with Gasteiger partial charge in [0.15, 0.2) is 0 Å². The molecule has 138 valence electrons. The van der Waals surface area contributed by atoms with Crippen molar-refractivity contribution in [3.8, 4) is 0 Å². The number of nitrogens with two attached hydrogens (primary N) is 1. The third-order valence-corrected chi connectivity index (χ3v) is 4.68. The molecule has 1 aromatic heterocycles. The van der Waals surface area contributed by atoms with Crippen molar-refractivity contribution in [3.05, 3.63) is 23.9 Å². The number of aromatic nitrogens is 1. The van der Waals surface area contributed by atoms with Gasteiger partial charge in [0.05, 0.1) is 18.3 Å². The Balaban J connectivity index is 1.50. The molecule has 2 aliphatic rings. The zero-order valence-electron chi connectivity index (χ0n) is 15.0. The van der Waals surface area contributed by atoms with Gasteiger partial charge in [-0.15, -0.1) is 0 Å². The second-order valence-corrected chi connectivity index (χ2v) is 6.96. The van der Waals surface area contributed by atoms with E-state index in [0.29, 0.717) is 13.1 Å². The summed E-state index contributed by atoms with van der Waals surface area (Å²) in [6, 6.07) is 4.01. The Bertz CT molecular complexity index is 570. The summed E-state index contributed by atoms with van der Waals surface area (Å²) in [5, 5.41) is 2.92. The summed E-state index contributed by atoms with van der Waals surface area (Å²) in [4.78, 5) is 18.9. The fraction of sp³-hybridized carbons (Fsp3) is 0.667. The molecule has 0 aliphatic carbocycles. The summed E-state index contributed by atoms with van der Waals surface area (Å²) in [6.07, 6.45) is 3.44. The summed E-state index contributed by atoms with van der Waals surface area (Å²) in [6.45, 7) is 6.76. The summed E-state index contributed by atoms with van der Waals surface area (Å²) >= 11 is 0. The van der Waals surface area contributed by atoms with E-state index in [1.807, 2.05) is 18.3 Å². The first-order valence-corrected chi connectivity index (χ1v) is 9.03. The maximum absolute atomic E-state index is 12.1. The van der Waals surface area contributed by atoms with Crippen LogP contribution in [0.5, 0.6) is 0 Å². The van der Waals surface area contributed by atoms with Gasteiger partial charge in [0.1, 0.15) is 11.9 Å². The number of rotatable bonds is 5. The molecule has 0 saturated carbocycles. The van der Waals surface area contributed by atoms with Gasteiger partial charge in [-0.1, -0.05) is 6.07 Å². The molecule has 7 nitrogen and oxygen atoms in total. The first-order valence-electron chi connectivity index (χ1n) is 9.03. The highest BCUT2D eigenvalue weighted by Gasteiger charge is 2.29. The monoisotopic (exact) mass is 348 g/mol. The van der Waals surface area contributed by atoms with Crippen LogP contribution in [0.3, 0.4) is 0 Å². The molecule has 0 radical (unpaired) electrons. The highest BCUT2D eigenvalue weighted by atomic mass is 16.5. The second-order valence-electron chi connectivity index (χ2n) is 6.96. The zero-order valence-corrected chi connectivity index (χ0v) is 15.0. The van der Waals surface area contributed by atoms with Crippen LogP contribution in [0.2, 0.25) is 0 Å². The minimum absolute atomic E-state index is 0.00926. The number of hydrogen-bond donors (Lipinski definition) is 2. The van der Waals surface area contributed by atoms with E-state index < -0.39 is 0 Å². The first-order chi connectivity index (χ1) is 12.0. The molecule has 2 unspecified atom stereocenters. The quantitative estimate of drug-likeness (QED) is 0.819. The van der Waals surface area contributed by atoms with Crippen molar-refractivity contribution >= 4 is 11.7 Å². The molecule has 2 aliphatic heterocycles. The van der Waals surface area contributed by atoms with E-state index in [0.717, 1.165) is 37.3 Å². The number of anilines is 1. The maximum Gasteiger partial charge on any atom is 0.249 e. The highest BCUT2D eigenvalue weighted by Crippen LogP contribution is 2.20. The lowest BCUT2D eigenvalue weighted by Gasteiger charge is -2.36. The predicted octanol–water partition coefficient (Wildman–Crippen LogP) is 0.818. The third kappa shape index (κ3) is 4.68. The lowest BCUT2D eigenvalue weighted by atomic mass is 10.2. The van der Waals surface area contributed by atoms with E-state index in [1.165, 1.54) is 0 Å². The molecule has 0 spiro atoms. The fourth-order valence-corrected chi connectivity index (χ4v) is 3.45. The number of amides is 1. The minimum Gasteiger partial charge on any atom is -0.372 e. The predicted molar refractivity (Wildman–Crippen MR) is 95.3 cm³/mol. The highest BCUT2D eigenvalue weighted by molar-refractivity contribution is 5.81. The number of morpholine rings is 1. The standard InChI is InChI=1S/C18H28N4O3/c1-12-10-22(11-13(2)24-12)17-6-3-14(8-20-17)9-21-18(23)16-5-4-15(7-19)25-16/h3,6,8,12-13,15-16H,4-5,7,9-11,19H2,1-2H3,(H,21,23)/t12?,13?,15-,16+/m1/s1. The molecule has 3 heterocycles. The van der Waals surface area contributed by atoms with Crippen molar-refractivity contribution in [2.75, 3.05) is 24.5 Å². The molecular weight excluding hydrogens is 320 g/mol. The number of nitrogens with zero attached hydrogens (tertiary/aromatic N) is 2. The van der Waals surface area contributed by atoms with Crippen molar-refractivity contribution < 1.29 is 14.3 Å². The van der Waals surface area contributed by atoms with Crippen LogP contribution in [0, 0.1) is 0 Å². The summed E-state index contributed by atoms with van der Waals surface area (Å²) in [5.41, 5.74) is 6.55. The Kier molecular flexibility index (Phi) is 5.88. The van der Waals surface area contributed by atoms with Crippen molar-refractivity contribution in [2.45, 2.75) is 57.6 Å².